The fraction of sp³-hybridized carbons (Fsp3) is 0.486. The Morgan fingerprint density at radius 2 is 0.408 bits per heavy atom. The summed E-state index contributed by atoms with van der Waals surface area (Å²) in [6.07, 6.45) is 0. The molecule has 0 N–H and O–H groups in total. The van der Waals surface area contributed by atoms with Crippen LogP contribution in [0.3, 0.4) is 0 Å². The molecule has 6 aromatic carbocycles. The van der Waals surface area contributed by atoms with Crippen molar-refractivity contribution in [2.75, 3.05) is 13.6 Å². The standard InChI is InChI=1S/C70H92O4P2/c1-63(2,3)43-25-44(64(4,5)6)30-51(29-43)75(52-31-45(65(7,8)9)26-46(32-52)66(10,11)12)61-39-59-57(71-41-73-59)37-55(61)56-38-58-60(74-42-72-58)40-62(56)76(53-33-47(67(13,14)15)27-48(34-53)68(16,17)18)54-35-49(69(19,20)21)28-50(36-54)70(22,23)24/h25-40H,41-42H2,1-24H3. The number of fused-ring (bicyclic) bond motifs is 2. The zero-order chi connectivity index (χ0) is 56.3. The van der Waals surface area contributed by atoms with Crippen LogP contribution in [0.15, 0.2) is 97.1 Å². The molecule has 0 bridgehead atoms. The average molecular weight is 1060 g/mol. The lowest BCUT2D eigenvalue weighted by atomic mass is 9.81. The number of benzene rings is 6. The van der Waals surface area contributed by atoms with E-state index in [1.165, 1.54) is 76.3 Å². The van der Waals surface area contributed by atoms with Crippen LogP contribution in [0.25, 0.3) is 11.1 Å². The Morgan fingerprint density at radius 1 is 0.237 bits per heavy atom. The maximum atomic E-state index is 6.48. The highest BCUT2D eigenvalue weighted by molar-refractivity contribution is 7.80. The van der Waals surface area contributed by atoms with Crippen LogP contribution < -0.4 is 50.8 Å². The van der Waals surface area contributed by atoms with Gasteiger partial charge < -0.3 is 18.9 Å². The van der Waals surface area contributed by atoms with E-state index in [2.05, 4.69) is 263 Å². The van der Waals surface area contributed by atoms with Crippen molar-refractivity contribution in [1.29, 1.82) is 0 Å². The van der Waals surface area contributed by atoms with E-state index in [0.717, 1.165) is 34.1 Å². The Bertz CT molecular complexity index is 2680. The third kappa shape index (κ3) is 12.2. The highest BCUT2D eigenvalue weighted by Gasteiger charge is 2.36. The SMILES string of the molecule is CC(C)(C)c1cc(P(c2cc(C(C)(C)C)cc(C(C)(C)C)c2)c2cc3c(cc2-c2cc4c(cc2P(c2cc(C(C)(C)C)cc(C(C)(C)C)c2)c2cc(C(C)(C)C)cc(C(C)(C)C)c2)OCO4)OCO3)cc(C(C)(C)C)c1. The van der Waals surface area contributed by atoms with Crippen LogP contribution in [0, 0.1) is 0 Å². The van der Waals surface area contributed by atoms with Gasteiger partial charge in [0.15, 0.2) is 23.0 Å². The van der Waals surface area contributed by atoms with Gasteiger partial charge in [0.05, 0.1) is 0 Å². The highest BCUT2D eigenvalue weighted by atomic mass is 31.1. The van der Waals surface area contributed by atoms with E-state index in [0.29, 0.717) is 0 Å². The van der Waals surface area contributed by atoms with E-state index < -0.39 is 15.8 Å². The Balaban J connectivity index is 1.59. The first-order valence-corrected chi connectivity index (χ1v) is 30.5. The normalized spacial score (nSPS) is 14.6. The summed E-state index contributed by atoms with van der Waals surface area (Å²) in [5, 5.41) is 7.74. The van der Waals surface area contributed by atoms with Crippen molar-refractivity contribution in [3.8, 4) is 34.1 Å². The number of rotatable bonds is 7. The molecule has 2 aliphatic heterocycles. The predicted molar refractivity (Wildman–Crippen MR) is 331 cm³/mol. The molecule has 0 atom stereocenters. The van der Waals surface area contributed by atoms with Gasteiger partial charge in [-0.2, -0.15) is 0 Å². The van der Waals surface area contributed by atoms with Gasteiger partial charge in [-0.3, -0.25) is 0 Å². The predicted octanol–water partition coefficient (Wildman–Crippen LogP) is 16.7. The van der Waals surface area contributed by atoms with E-state index in [1.54, 1.807) is 0 Å². The van der Waals surface area contributed by atoms with Crippen LogP contribution in [0.2, 0.25) is 0 Å². The zero-order valence-electron chi connectivity index (χ0n) is 51.2. The number of hydrogen-bond acceptors (Lipinski definition) is 4. The molecule has 0 aromatic heterocycles. The third-order valence-corrected chi connectivity index (χ3v) is 20.2. The minimum absolute atomic E-state index is 0.0973. The van der Waals surface area contributed by atoms with Crippen molar-refractivity contribution in [2.24, 2.45) is 0 Å². The van der Waals surface area contributed by atoms with Gasteiger partial charge in [0, 0.05) is 0 Å². The first-order chi connectivity index (χ1) is 34.7. The van der Waals surface area contributed by atoms with Crippen molar-refractivity contribution in [1.82, 2.24) is 0 Å². The molecular weight excluding hydrogens is 967 g/mol. The zero-order valence-corrected chi connectivity index (χ0v) is 53.0. The first kappa shape index (κ1) is 57.6. The van der Waals surface area contributed by atoms with Crippen LogP contribution in [-0.2, 0) is 43.3 Å². The molecular formula is C70H92O4P2. The summed E-state index contributed by atoms with van der Waals surface area (Å²) in [5.74, 6) is 3.08. The van der Waals surface area contributed by atoms with Crippen molar-refractivity contribution in [2.45, 2.75) is 209 Å². The minimum Gasteiger partial charge on any atom is -0.454 e. The van der Waals surface area contributed by atoms with Gasteiger partial charge in [-0.25, -0.2) is 0 Å². The van der Waals surface area contributed by atoms with Gasteiger partial charge in [-0.15, -0.1) is 0 Å². The molecule has 6 aromatic rings. The molecule has 4 nitrogen and oxygen atoms in total. The molecule has 0 unspecified atom stereocenters. The molecule has 8 rings (SSSR count). The fourth-order valence-electron chi connectivity index (χ4n) is 9.94. The molecule has 6 heteroatoms. The van der Waals surface area contributed by atoms with E-state index >= 15 is 0 Å². The molecule has 76 heavy (non-hydrogen) atoms. The Hall–Kier alpha value is -4.62. The second-order valence-corrected chi connectivity index (χ2v) is 34.6. The quantitative estimate of drug-likeness (QED) is 0.149. The van der Waals surface area contributed by atoms with Crippen molar-refractivity contribution in [3.05, 3.63) is 142 Å². The lowest BCUT2D eigenvalue weighted by Crippen LogP contribution is -2.30. The van der Waals surface area contributed by atoms with Crippen LogP contribution in [-0.4, -0.2) is 13.6 Å². The van der Waals surface area contributed by atoms with Gasteiger partial charge in [0.2, 0.25) is 13.6 Å². The van der Waals surface area contributed by atoms with Crippen LogP contribution in [0.1, 0.15) is 211 Å². The van der Waals surface area contributed by atoms with Crippen LogP contribution in [0.5, 0.6) is 23.0 Å². The molecule has 0 amide bonds. The summed E-state index contributed by atoms with van der Waals surface area (Å²) in [4.78, 5) is 0. The second-order valence-electron chi connectivity index (χ2n) is 30.2. The molecule has 0 radical (unpaired) electrons. The maximum Gasteiger partial charge on any atom is 0.231 e. The summed E-state index contributed by atoms with van der Waals surface area (Å²) >= 11 is 0. The molecule has 406 valence electrons. The van der Waals surface area contributed by atoms with E-state index in [4.69, 9.17) is 18.9 Å². The Morgan fingerprint density at radius 3 is 0.579 bits per heavy atom. The van der Waals surface area contributed by atoms with Crippen molar-refractivity contribution >= 4 is 47.7 Å². The van der Waals surface area contributed by atoms with Crippen molar-refractivity contribution in [3.63, 3.8) is 0 Å². The minimum atomic E-state index is -1.28. The molecule has 2 aliphatic rings. The fourth-order valence-corrected chi connectivity index (χ4v) is 15.1. The lowest BCUT2D eigenvalue weighted by molar-refractivity contribution is 0.173. The molecule has 0 aliphatic carbocycles. The van der Waals surface area contributed by atoms with Crippen LogP contribution in [0.4, 0.5) is 0 Å². The average Bonchev–Trinajstić information content (AvgIpc) is 3.95. The summed E-state index contributed by atoms with van der Waals surface area (Å²) in [5.41, 5.74) is 12.1. The van der Waals surface area contributed by atoms with Gasteiger partial charge >= 0.3 is 0 Å². The smallest absolute Gasteiger partial charge is 0.231 e. The topological polar surface area (TPSA) is 36.9 Å². The van der Waals surface area contributed by atoms with Crippen LogP contribution >= 0.6 is 15.8 Å². The largest absolute Gasteiger partial charge is 0.454 e. The monoisotopic (exact) mass is 1060 g/mol. The molecule has 0 fully saturated rings. The van der Waals surface area contributed by atoms with Gasteiger partial charge in [0.1, 0.15) is 0 Å². The van der Waals surface area contributed by atoms with E-state index in [1.807, 2.05) is 0 Å². The van der Waals surface area contributed by atoms with E-state index in [-0.39, 0.29) is 56.9 Å². The Labute approximate surface area is 463 Å². The lowest BCUT2D eigenvalue weighted by Gasteiger charge is -2.33. The van der Waals surface area contributed by atoms with Gasteiger partial charge in [-0.05, 0) is 171 Å². The molecule has 0 saturated carbocycles. The van der Waals surface area contributed by atoms with E-state index in [9.17, 15) is 0 Å². The third-order valence-electron chi connectivity index (χ3n) is 15.4. The summed E-state index contributed by atoms with van der Waals surface area (Å²) in [6, 6.07) is 39.4. The van der Waals surface area contributed by atoms with Gasteiger partial charge in [-0.1, -0.05) is 239 Å². The molecule has 0 saturated heterocycles. The summed E-state index contributed by atoms with van der Waals surface area (Å²) in [7, 11) is -2.56. The van der Waals surface area contributed by atoms with Gasteiger partial charge in [0.25, 0.3) is 0 Å². The Kier molecular flexibility index (Phi) is 14.9. The second kappa shape index (κ2) is 19.6. The summed E-state index contributed by atoms with van der Waals surface area (Å²) < 4.78 is 25.9. The summed E-state index contributed by atoms with van der Waals surface area (Å²) in [6.45, 7) is 56.8. The first-order valence-electron chi connectivity index (χ1n) is 27.8. The number of hydrogen-bond donors (Lipinski definition) is 0. The highest BCUT2D eigenvalue weighted by Crippen LogP contribution is 2.51. The van der Waals surface area contributed by atoms with Crippen molar-refractivity contribution < 1.29 is 18.9 Å². The molecule has 0 spiro atoms. The maximum absolute atomic E-state index is 6.48. The molecule has 2 heterocycles. The number of ether oxygens (including phenoxy) is 4.